The summed E-state index contributed by atoms with van der Waals surface area (Å²) in [5.74, 6) is -19.0. The minimum absolute atomic E-state index is 0.0142. The van der Waals surface area contributed by atoms with E-state index in [1.54, 1.807) is 44.2 Å². The summed E-state index contributed by atoms with van der Waals surface area (Å²) in [5, 5.41) is 85.5. The van der Waals surface area contributed by atoms with E-state index in [1.165, 1.54) is 48.5 Å². The van der Waals surface area contributed by atoms with Gasteiger partial charge in [0.15, 0.2) is 5.96 Å². The fourth-order valence-corrected chi connectivity index (χ4v) is 11.2. The second kappa shape index (κ2) is 44.1. The van der Waals surface area contributed by atoms with Gasteiger partial charge in [0, 0.05) is 32.4 Å². The molecule has 1 saturated heterocycles. The number of carboxylic acid groups (broad SMARTS) is 2. The maximum Gasteiger partial charge on any atom is 0.322 e. The fourth-order valence-electron chi connectivity index (χ4n) is 11.2. The van der Waals surface area contributed by atoms with Gasteiger partial charge in [-0.05, 0) is 91.3 Å². The number of nitrogens with one attached hydrogen (secondary N) is 13. The van der Waals surface area contributed by atoms with Crippen molar-refractivity contribution >= 4 is 101 Å². The standard InChI is InChI=1S/C69H98N18O21/c1-35(2)24-42(70)58(98)80-45(27-38-14-18-40(89)19-15-38)63(103)82-46(28-39-16-20-41(90)21-17-39)64(104)84-49(30-54(72)92)65(105)81-44(25-36(3)4)61(101)86-51(34-88)68(108)87-23-9-13-52(87)67(107)85-47(26-37-10-6-5-7-11-37)62(102)79-43(12-8-22-75-69(73)74)59(99)76-32-55(93)78-50(31-56(94)95)66(106)83-48(29-53(71)91)60(100)77-33-57(96)97/h5-7,10-11,14-21,35-36,42-52,88-90H,8-9,12-13,22-34,70H2,1-4H3,(H2,71,91)(H2,72,92)(H,76,99)(H,77,100)(H,78,93)(H,79,102)(H,80,98)(H,81,105)(H,82,103)(H,83,106)(H,84,104)(H,85,107)(H,86,101)(H,94,95)(H,96,97)(H4,73,74,75)/t42-,43-,44-,45-,46-,47-,48-,49-,50-,51-,52-/m0/s1. The van der Waals surface area contributed by atoms with Crippen molar-refractivity contribution in [3.05, 3.63) is 95.6 Å². The van der Waals surface area contributed by atoms with E-state index >= 15 is 0 Å². The Labute approximate surface area is 620 Å². The summed E-state index contributed by atoms with van der Waals surface area (Å²) in [6.07, 6.45) is -3.55. The molecule has 0 unspecified atom stereocenters. The number of phenolic OH excluding ortho intramolecular Hbond substituents is 2. The summed E-state index contributed by atoms with van der Waals surface area (Å²) in [7, 11) is 0. The van der Waals surface area contributed by atoms with Crippen LogP contribution in [0.1, 0.15) is 102 Å². The highest BCUT2D eigenvalue weighted by atomic mass is 16.4. The monoisotopic (exact) mass is 1510 g/mol. The zero-order valence-corrected chi connectivity index (χ0v) is 60.1. The molecule has 1 aliphatic rings. The van der Waals surface area contributed by atoms with Gasteiger partial charge in [-0.2, -0.15) is 0 Å². The second-order valence-corrected chi connectivity index (χ2v) is 26.5. The second-order valence-electron chi connectivity index (χ2n) is 26.5. The summed E-state index contributed by atoms with van der Waals surface area (Å²) in [4.78, 5) is 216. The molecule has 0 bridgehead atoms. The number of rotatable bonds is 45. The van der Waals surface area contributed by atoms with Gasteiger partial charge in [-0.25, -0.2) is 0 Å². The number of carboxylic acids is 2. The number of nitrogens with two attached hydrogens (primary N) is 4. The van der Waals surface area contributed by atoms with Crippen molar-refractivity contribution in [1.29, 1.82) is 5.41 Å². The van der Waals surface area contributed by atoms with Crippen LogP contribution in [0.3, 0.4) is 0 Å². The smallest absolute Gasteiger partial charge is 0.322 e. The lowest BCUT2D eigenvalue weighted by molar-refractivity contribution is -0.143. The Hall–Kier alpha value is -12.0. The molecule has 108 heavy (non-hydrogen) atoms. The number of aliphatic hydroxyl groups is 1. The number of amides is 14. The molecule has 14 amide bonds. The van der Waals surface area contributed by atoms with Gasteiger partial charge in [0.2, 0.25) is 82.7 Å². The van der Waals surface area contributed by atoms with E-state index in [1.807, 2.05) is 24.5 Å². The summed E-state index contributed by atoms with van der Waals surface area (Å²) >= 11 is 0. The molecule has 1 heterocycles. The molecular formula is C69H98N18O21. The number of primary amides is 2. The van der Waals surface area contributed by atoms with Crippen LogP contribution >= 0.6 is 0 Å². The number of aromatic hydroxyl groups is 2. The number of carbonyl (C=O) groups excluding carboxylic acids is 14. The number of carbonyl (C=O) groups is 16. The Morgan fingerprint density at radius 3 is 1.37 bits per heavy atom. The number of phenols is 2. The van der Waals surface area contributed by atoms with E-state index < -0.39 is 212 Å². The summed E-state index contributed by atoms with van der Waals surface area (Å²) in [6.45, 7) is 3.87. The van der Waals surface area contributed by atoms with Crippen LogP contribution in [0.25, 0.3) is 0 Å². The minimum Gasteiger partial charge on any atom is -0.508 e. The number of benzene rings is 3. The first-order chi connectivity index (χ1) is 50.9. The molecule has 4 rings (SSSR count). The number of likely N-dealkylation sites (tertiary alicyclic amines) is 1. The Bertz CT molecular complexity index is 3680. The summed E-state index contributed by atoms with van der Waals surface area (Å²) in [6, 6.07) is 1.89. The van der Waals surface area contributed by atoms with Crippen molar-refractivity contribution in [1.82, 2.24) is 68.7 Å². The van der Waals surface area contributed by atoms with E-state index in [0.717, 1.165) is 4.90 Å². The molecule has 0 aliphatic carbocycles. The van der Waals surface area contributed by atoms with Crippen LogP contribution in [0.2, 0.25) is 0 Å². The average molecular weight is 1520 g/mol. The van der Waals surface area contributed by atoms with Crippen molar-refractivity contribution in [3.63, 3.8) is 0 Å². The lowest BCUT2D eigenvalue weighted by Crippen LogP contribution is -2.61. The van der Waals surface area contributed by atoms with E-state index in [0.29, 0.717) is 16.7 Å². The molecule has 39 nitrogen and oxygen atoms in total. The predicted molar refractivity (Wildman–Crippen MR) is 383 cm³/mol. The first-order valence-corrected chi connectivity index (χ1v) is 34.6. The zero-order chi connectivity index (χ0) is 80.5. The number of nitrogens with zero attached hydrogens (tertiary/aromatic N) is 1. The molecular weight excluding hydrogens is 1420 g/mol. The molecule has 1 aliphatic heterocycles. The van der Waals surface area contributed by atoms with Crippen LogP contribution in [0, 0.1) is 17.2 Å². The summed E-state index contributed by atoms with van der Waals surface area (Å²) < 4.78 is 0. The van der Waals surface area contributed by atoms with E-state index in [9.17, 15) is 97.1 Å². The van der Waals surface area contributed by atoms with Gasteiger partial charge in [0.05, 0.1) is 38.5 Å². The number of guanidine groups is 1. The molecule has 26 N–H and O–H groups in total. The van der Waals surface area contributed by atoms with Crippen LogP contribution in [-0.4, -0.2) is 230 Å². The SMILES string of the molecule is CC(C)C[C@H](NC(=O)[C@H](CC(N)=O)NC(=O)[C@H](Cc1ccc(O)cc1)NC(=O)[C@H](Cc1ccc(O)cc1)NC(=O)[C@@H](N)CC(C)C)C(=O)N[C@@H](CO)C(=O)N1CCC[C@H]1C(=O)N[C@@H](Cc1ccccc1)C(=O)N[C@@H](CCCNC(=N)N)C(=O)NCC(=O)N[C@@H](CC(=O)O)C(=O)N[C@@H](CC(N)=O)C(=O)NCC(=O)O. The third-order valence-electron chi connectivity index (χ3n) is 16.5. The lowest BCUT2D eigenvalue weighted by Gasteiger charge is -2.31. The molecule has 3 aromatic carbocycles. The molecule has 3 aromatic rings. The normalized spacial score (nSPS) is 15.2. The number of aliphatic carboxylic acids is 2. The van der Waals surface area contributed by atoms with Gasteiger partial charge >= 0.3 is 11.9 Å². The van der Waals surface area contributed by atoms with Crippen LogP contribution in [0.15, 0.2) is 78.9 Å². The molecule has 0 aromatic heterocycles. The van der Waals surface area contributed by atoms with Gasteiger partial charge in [-0.1, -0.05) is 82.3 Å². The molecule has 1 fully saturated rings. The van der Waals surface area contributed by atoms with Crippen molar-refractivity contribution in [2.75, 3.05) is 32.8 Å². The van der Waals surface area contributed by atoms with Crippen molar-refractivity contribution in [3.8, 4) is 11.5 Å². The molecule has 0 radical (unpaired) electrons. The predicted octanol–water partition coefficient (Wildman–Crippen LogP) is -6.30. The zero-order valence-electron chi connectivity index (χ0n) is 60.1. The highest BCUT2D eigenvalue weighted by Gasteiger charge is 2.41. The molecule has 0 spiro atoms. The number of aliphatic hydroxyl groups excluding tert-OH is 1. The van der Waals surface area contributed by atoms with E-state index in [4.69, 9.17) is 33.5 Å². The fraction of sp³-hybridized carbons (Fsp3) is 0.493. The Morgan fingerprint density at radius 1 is 0.472 bits per heavy atom. The quantitative estimate of drug-likeness (QED) is 0.0142. The topological polar surface area (TPSA) is 650 Å². The Kier molecular flexibility index (Phi) is 36.0. The Morgan fingerprint density at radius 2 is 0.889 bits per heavy atom. The molecule has 39 heteroatoms. The first kappa shape index (κ1) is 88.4. The Balaban J connectivity index is 1.56. The lowest BCUT2D eigenvalue weighted by atomic mass is 10.00. The number of hydrogen-bond donors (Lipinski definition) is 22. The summed E-state index contributed by atoms with van der Waals surface area (Å²) in [5.41, 5.74) is 23.8. The third kappa shape index (κ3) is 31.3. The molecule has 590 valence electrons. The third-order valence-corrected chi connectivity index (χ3v) is 16.5. The van der Waals surface area contributed by atoms with Crippen LogP contribution < -0.4 is 86.7 Å². The molecule has 0 saturated carbocycles. The highest BCUT2D eigenvalue weighted by molar-refractivity contribution is 6.01. The highest BCUT2D eigenvalue weighted by Crippen LogP contribution is 2.21. The van der Waals surface area contributed by atoms with Gasteiger partial charge < -0.3 is 117 Å². The van der Waals surface area contributed by atoms with E-state index in [-0.39, 0.29) is 88.3 Å². The average Bonchev–Trinajstić information content (AvgIpc) is 1.61. The van der Waals surface area contributed by atoms with Gasteiger partial charge in [0.25, 0.3) is 0 Å². The van der Waals surface area contributed by atoms with Gasteiger partial charge in [-0.3, -0.25) is 82.1 Å². The van der Waals surface area contributed by atoms with Gasteiger partial charge in [-0.15, -0.1) is 0 Å². The molecule has 11 atom stereocenters. The van der Waals surface area contributed by atoms with Crippen LogP contribution in [0.4, 0.5) is 0 Å². The van der Waals surface area contributed by atoms with Crippen molar-refractivity contribution < 1.29 is 102 Å². The maximum atomic E-state index is 14.5. The largest absolute Gasteiger partial charge is 0.508 e. The van der Waals surface area contributed by atoms with Gasteiger partial charge in [0.1, 0.15) is 78.5 Å². The van der Waals surface area contributed by atoms with Crippen LogP contribution in [0.5, 0.6) is 11.5 Å². The van der Waals surface area contributed by atoms with Crippen molar-refractivity contribution in [2.24, 2.45) is 34.8 Å². The van der Waals surface area contributed by atoms with Crippen LogP contribution in [-0.2, 0) is 96.0 Å². The maximum absolute atomic E-state index is 14.5. The minimum atomic E-state index is -1.97. The van der Waals surface area contributed by atoms with E-state index in [2.05, 4.69) is 53.2 Å². The first-order valence-electron chi connectivity index (χ1n) is 34.6. The van der Waals surface area contributed by atoms with Crippen molar-refractivity contribution in [2.45, 2.75) is 171 Å². The number of hydrogen-bond acceptors (Lipinski definition) is 21.